The Bertz CT molecular complexity index is 1230. The van der Waals surface area contributed by atoms with Gasteiger partial charge in [-0.25, -0.2) is 8.42 Å². The van der Waals surface area contributed by atoms with Crippen LogP contribution in [0.15, 0.2) is 17.0 Å². The number of non-ortho nitro benzene ring substituents is 1. The SMILES string of the molecule is Cc1cc([N+](=O)[O-])cc(S(=O)(=O)N2CCCN(C)CC2)c1N(CCOS(C)(=O)=O)CCOS(C)(=O)=O. The maximum Gasteiger partial charge on any atom is 0.271 e. The normalized spacial score (nSPS) is 16.6. The third-order valence-electron chi connectivity index (χ3n) is 5.39. The van der Waals surface area contributed by atoms with Gasteiger partial charge in [0.25, 0.3) is 25.9 Å². The predicted molar refractivity (Wildman–Crippen MR) is 133 cm³/mol. The molecular weight excluding hydrogens is 540 g/mol. The maximum atomic E-state index is 13.8. The molecular formula is C19H32N4O10S3. The molecule has 0 unspecified atom stereocenters. The van der Waals surface area contributed by atoms with Crippen molar-refractivity contribution in [3.8, 4) is 0 Å². The van der Waals surface area contributed by atoms with Crippen LogP contribution in [-0.4, -0.2) is 111 Å². The van der Waals surface area contributed by atoms with Crippen LogP contribution in [0.1, 0.15) is 12.0 Å². The van der Waals surface area contributed by atoms with E-state index < -0.39 is 40.9 Å². The molecule has 0 aliphatic carbocycles. The van der Waals surface area contributed by atoms with Gasteiger partial charge < -0.3 is 9.80 Å². The molecule has 2 rings (SSSR count). The van der Waals surface area contributed by atoms with Crippen LogP contribution in [0.4, 0.5) is 11.4 Å². The fourth-order valence-electron chi connectivity index (χ4n) is 3.77. The second-order valence-corrected chi connectivity index (χ2v) is 13.7. The predicted octanol–water partition coefficient (Wildman–Crippen LogP) is -0.0118. The van der Waals surface area contributed by atoms with E-state index in [1.165, 1.54) is 22.2 Å². The smallest absolute Gasteiger partial charge is 0.271 e. The number of benzene rings is 1. The second kappa shape index (κ2) is 12.1. The molecule has 1 saturated heterocycles. The van der Waals surface area contributed by atoms with Crippen LogP contribution in [-0.2, 0) is 38.6 Å². The van der Waals surface area contributed by atoms with E-state index in [4.69, 9.17) is 8.37 Å². The summed E-state index contributed by atoms with van der Waals surface area (Å²) in [6.07, 6.45) is 2.27. The lowest BCUT2D eigenvalue weighted by Crippen LogP contribution is -2.38. The number of sulfonamides is 1. The Morgan fingerprint density at radius 2 is 1.50 bits per heavy atom. The van der Waals surface area contributed by atoms with Crippen molar-refractivity contribution in [3.63, 3.8) is 0 Å². The molecule has 0 amide bonds. The lowest BCUT2D eigenvalue weighted by molar-refractivity contribution is -0.385. The first-order valence-corrected chi connectivity index (χ1v) is 16.0. The number of hydrogen-bond acceptors (Lipinski definition) is 12. The average Bonchev–Trinajstić information content (AvgIpc) is 2.95. The molecule has 0 N–H and O–H groups in total. The lowest BCUT2D eigenvalue weighted by Gasteiger charge is -2.30. The number of likely N-dealkylation sites (N-methyl/N-ethyl adjacent to an activating group) is 1. The second-order valence-electron chi connectivity index (χ2n) is 8.47. The number of hydrogen-bond donors (Lipinski definition) is 0. The van der Waals surface area contributed by atoms with Gasteiger partial charge in [0.1, 0.15) is 4.90 Å². The van der Waals surface area contributed by atoms with Crippen LogP contribution in [0, 0.1) is 17.0 Å². The van der Waals surface area contributed by atoms with Gasteiger partial charge in [0, 0.05) is 44.9 Å². The highest BCUT2D eigenvalue weighted by Crippen LogP contribution is 2.35. The van der Waals surface area contributed by atoms with Crippen molar-refractivity contribution >= 4 is 41.6 Å². The van der Waals surface area contributed by atoms with E-state index in [1.807, 2.05) is 11.9 Å². The van der Waals surface area contributed by atoms with Gasteiger partial charge in [-0.15, -0.1) is 0 Å². The first kappa shape index (κ1) is 30.3. The third kappa shape index (κ3) is 8.89. The summed E-state index contributed by atoms with van der Waals surface area (Å²) in [7, 11) is -9.99. The first-order chi connectivity index (χ1) is 16.5. The molecule has 206 valence electrons. The van der Waals surface area contributed by atoms with E-state index in [9.17, 15) is 35.4 Å². The van der Waals surface area contributed by atoms with E-state index in [2.05, 4.69) is 0 Å². The highest BCUT2D eigenvalue weighted by Gasteiger charge is 2.33. The summed E-state index contributed by atoms with van der Waals surface area (Å²) in [5.41, 5.74) is -0.123. The fraction of sp³-hybridized carbons (Fsp3) is 0.684. The molecule has 0 bridgehead atoms. The van der Waals surface area contributed by atoms with Crippen LogP contribution in [0.25, 0.3) is 0 Å². The number of nitro benzene ring substituents is 1. The molecule has 1 aliphatic heterocycles. The summed E-state index contributed by atoms with van der Waals surface area (Å²) in [5, 5.41) is 11.6. The topological polar surface area (TPSA) is 174 Å². The van der Waals surface area contributed by atoms with Crippen molar-refractivity contribution in [3.05, 3.63) is 27.8 Å². The standard InChI is InChI=1S/C19H32N4O10S3/c1-16-14-17(23(24)25)15-18(36(30,31)22-7-5-6-20(2)8-9-22)19(16)21(10-12-32-34(3,26)27)11-13-33-35(4,28)29/h14-15H,5-13H2,1-4H3. The van der Waals surface area contributed by atoms with E-state index in [0.717, 1.165) is 18.6 Å². The molecule has 1 fully saturated rings. The van der Waals surface area contributed by atoms with Gasteiger partial charge in [-0.3, -0.25) is 18.5 Å². The number of rotatable bonds is 12. The Morgan fingerprint density at radius 1 is 0.944 bits per heavy atom. The van der Waals surface area contributed by atoms with Crippen molar-refractivity contribution in [1.29, 1.82) is 0 Å². The number of nitro groups is 1. The Labute approximate surface area is 212 Å². The molecule has 1 aromatic carbocycles. The van der Waals surface area contributed by atoms with E-state index in [0.29, 0.717) is 19.5 Å². The van der Waals surface area contributed by atoms with E-state index >= 15 is 0 Å². The third-order valence-corrected chi connectivity index (χ3v) is 8.49. The van der Waals surface area contributed by atoms with Crippen molar-refractivity contribution in [1.82, 2.24) is 9.21 Å². The fourth-order valence-corrected chi connectivity index (χ4v) is 6.30. The minimum absolute atomic E-state index is 0.0763. The van der Waals surface area contributed by atoms with Crippen molar-refractivity contribution in [2.75, 3.05) is 76.9 Å². The van der Waals surface area contributed by atoms with Gasteiger partial charge in [0.05, 0.1) is 36.3 Å². The molecule has 0 atom stereocenters. The first-order valence-electron chi connectivity index (χ1n) is 10.9. The van der Waals surface area contributed by atoms with Crippen LogP contribution < -0.4 is 4.90 Å². The summed E-state index contributed by atoms with van der Waals surface area (Å²) >= 11 is 0. The van der Waals surface area contributed by atoms with Crippen molar-refractivity contribution in [2.45, 2.75) is 18.2 Å². The Balaban J connectivity index is 2.59. The minimum atomic E-state index is -4.23. The Morgan fingerprint density at radius 3 is 2.00 bits per heavy atom. The van der Waals surface area contributed by atoms with Gasteiger partial charge in [0.15, 0.2) is 0 Å². The molecule has 0 spiro atoms. The number of nitrogens with zero attached hydrogens (tertiary/aromatic N) is 4. The zero-order valence-electron chi connectivity index (χ0n) is 20.6. The molecule has 0 saturated carbocycles. The van der Waals surface area contributed by atoms with Gasteiger partial charge in [-0.1, -0.05) is 0 Å². The van der Waals surface area contributed by atoms with Gasteiger partial charge in [0.2, 0.25) is 10.0 Å². The number of anilines is 1. The Hall–Kier alpha value is -1.89. The maximum absolute atomic E-state index is 13.8. The quantitative estimate of drug-likeness (QED) is 0.186. The van der Waals surface area contributed by atoms with Crippen molar-refractivity contribution in [2.24, 2.45) is 0 Å². The molecule has 14 nitrogen and oxygen atoms in total. The van der Waals surface area contributed by atoms with Crippen LogP contribution in [0.5, 0.6) is 0 Å². The van der Waals surface area contributed by atoms with E-state index in [1.54, 1.807) is 0 Å². The van der Waals surface area contributed by atoms with Crippen LogP contribution in [0.3, 0.4) is 0 Å². The highest BCUT2D eigenvalue weighted by atomic mass is 32.2. The van der Waals surface area contributed by atoms with Crippen LogP contribution >= 0.6 is 0 Å². The summed E-state index contributed by atoms with van der Waals surface area (Å²) in [6.45, 7) is 1.95. The summed E-state index contributed by atoms with van der Waals surface area (Å²) < 4.78 is 84.2. The Kier molecular flexibility index (Phi) is 10.2. The zero-order chi connectivity index (χ0) is 27.3. The van der Waals surface area contributed by atoms with Gasteiger partial charge in [-0.2, -0.15) is 21.1 Å². The highest BCUT2D eigenvalue weighted by molar-refractivity contribution is 7.89. The average molecular weight is 573 g/mol. The van der Waals surface area contributed by atoms with E-state index in [-0.39, 0.29) is 55.5 Å². The molecule has 1 aromatic rings. The number of aryl methyl sites for hydroxylation is 1. The molecule has 17 heteroatoms. The molecule has 36 heavy (non-hydrogen) atoms. The van der Waals surface area contributed by atoms with Gasteiger partial charge in [-0.05, 0) is 32.5 Å². The van der Waals surface area contributed by atoms with Crippen LogP contribution in [0.2, 0.25) is 0 Å². The molecule has 1 aliphatic rings. The zero-order valence-corrected chi connectivity index (χ0v) is 23.1. The molecule has 0 radical (unpaired) electrons. The molecule has 0 aromatic heterocycles. The monoisotopic (exact) mass is 572 g/mol. The summed E-state index contributed by atoms with van der Waals surface area (Å²) in [4.78, 5) is 13.9. The summed E-state index contributed by atoms with van der Waals surface area (Å²) in [5.74, 6) is 0. The summed E-state index contributed by atoms with van der Waals surface area (Å²) in [6, 6.07) is 2.17. The van der Waals surface area contributed by atoms with Crippen molar-refractivity contribution < 1.29 is 38.5 Å². The minimum Gasteiger partial charge on any atom is -0.365 e. The van der Waals surface area contributed by atoms with Gasteiger partial charge >= 0.3 is 0 Å². The largest absolute Gasteiger partial charge is 0.365 e. The molecule has 1 heterocycles. The lowest BCUT2D eigenvalue weighted by atomic mass is 10.1.